The van der Waals surface area contributed by atoms with E-state index in [1.807, 2.05) is 42.5 Å². The molecule has 1 saturated heterocycles. The molecule has 6 rings (SSSR count). The van der Waals surface area contributed by atoms with Crippen LogP contribution in [0.3, 0.4) is 0 Å². The number of carbonyl (C=O) groups is 1. The van der Waals surface area contributed by atoms with Crippen molar-refractivity contribution in [3.05, 3.63) is 81.2 Å². The quantitative estimate of drug-likeness (QED) is 0.251. The predicted octanol–water partition coefficient (Wildman–Crippen LogP) is 5.07. The summed E-state index contributed by atoms with van der Waals surface area (Å²) in [4.78, 5) is 34.8. The maximum atomic E-state index is 12.8. The summed E-state index contributed by atoms with van der Waals surface area (Å²) in [6.45, 7) is 6.63. The number of hydrogen-bond acceptors (Lipinski definition) is 7. The van der Waals surface area contributed by atoms with Gasteiger partial charge in [-0.25, -0.2) is 9.78 Å². The van der Waals surface area contributed by atoms with E-state index in [2.05, 4.69) is 22.0 Å². The maximum Gasteiger partial charge on any atom is 0.349 e. The van der Waals surface area contributed by atoms with Crippen molar-refractivity contribution in [2.75, 3.05) is 44.2 Å². The van der Waals surface area contributed by atoms with Gasteiger partial charge in [-0.3, -0.25) is 9.69 Å². The number of benzene rings is 3. The Morgan fingerprint density at radius 2 is 1.89 bits per heavy atom. The highest BCUT2D eigenvalue weighted by Crippen LogP contribution is 2.35. The van der Waals surface area contributed by atoms with Crippen LogP contribution in [0.4, 0.5) is 5.13 Å². The highest BCUT2D eigenvalue weighted by atomic mass is 35.5. The summed E-state index contributed by atoms with van der Waals surface area (Å²) in [6.07, 6.45) is 0. The number of carbonyl (C=O) groups excluding carboxylic acids is 1. The fourth-order valence-electron chi connectivity index (χ4n) is 4.84. The zero-order valence-electron chi connectivity index (χ0n) is 20.3. The number of amides is 1. The van der Waals surface area contributed by atoms with Crippen molar-refractivity contribution in [1.29, 1.82) is 0 Å². The third kappa shape index (κ3) is 4.56. The van der Waals surface area contributed by atoms with Gasteiger partial charge in [-0.1, -0.05) is 59.3 Å². The van der Waals surface area contributed by atoms with Crippen LogP contribution < -0.4 is 15.8 Å². The summed E-state index contributed by atoms with van der Waals surface area (Å²) in [6, 6.07) is 17.1. The number of aromatic nitrogens is 1. The molecule has 37 heavy (non-hydrogen) atoms. The van der Waals surface area contributed by atoms with Crippen LogP contribution in [0.25, 0.3) is 32.0 Å². The van der Waals surface area contributed by atoms with Gasteiger partial charge in [0.25, 0.3) is 5.91 Å². The van der Waals surface area contributed by atoms with E-state index in [0.29, 0.717) is 18.7 Å². The third-order valence-corrected chi connectivity index (χ3v) is 8.51. The van der Waals surface area contributed by atoms with Gasteiger partial charge in [-0.05, 0) is 41.5 Å². The average Bonchev–Trinajstić information content (AvgIpc) is 3.38. The molecule has 0 saturated carbocycles. The second-order valence-electron chi connectivity index (χ2n) is 9.27. The minimum absolute atomic E-state index is 0.0264. The number of nitrogens with one attached hydrogen (secondary N) is 1. The summed E-state index contributed by atoms with van der Waals surface area (Å²) in [7, 11) is 0. The first kappa shape index (κ1) is 23.9. The van der Waals surface area contributed by atoms with E-state index in [1.165, 1.54) is 0 Å². The van der Waals surface area contributed by atoms with Crippen LogP contribution in [0, 0.1) is 6.92 Å². The molecule has 188 valence electrons. The van der Waals surface area contributed by atoms with Crippen molar-refractivity contribution >= 4 is 65.9 Å². The largest absolute Gasteiger partial charge is 0.422 e. The molecule has 1 amide bonds. The Labute approximate surface area is 222 Å². The number of rotatable bonds is 5. The summed E-state index contributed by atoms with van der Waals surface area (Å²) in [5, 5.41) is 7.36. The topological polar surface area (TPSA) is 78.7 Å². The monoisotopic (exact) mass is 532 g/mol. The van der Waals surface area contributed by atoms with Crippen LogP contribution in [0.15, 0.2) is 63.8 Å². The van der Waals surface area contributed by atoms with Gasteiger partial charge in [0.15, 0.2) is 5.13 Å². The minimum atomic E-state index is -0.625. The van der Waals surface area contributed by atoms with Crippen molar-refractivity contribution < 1.29 is 9.21 Å². The first-order valence-corrected chi connectivity index (χ1v) is 13.4. The van der Waals surface area contributed by atoms with Gasteiger partial charge >= 0.3 is 5.63 Å². The third-order valence-electron chi connectivity index (χ3n) is 6.93. The van der Waals surface area contributed by atoms with E-state index >= 15 is 0 Å². The lowest BCUT2D eigenvalue weighted by atomic mass is 10.0. The number of piperazine rings is 1. The molecule has 0 aliphatic carbocycles. The lowest BCUT2D eigenvalue weighted by molar-refractivity contribution is 0.0944. The molecule has 7 nitrogen and oxygen atoms in total. The van der Waals surface area contributed by atoms with Crippen LogP contribution in [0.5, 0.6) is 0 Å². The first-order chi connectivity index (χ1) is 18.0. The first-order valence-electron chi connectivity index (χ1n) is 12.2. The normalized spacial score (nSPS) is 14.6. The average molecular weight is 533 g/mol. The molecule has 0 bridgehead atoms. The van der Waals surface area contributed by atoms with Gasteiger partial charge in [0.2, 0.25) is 0 Å². The van der Waals surface area contributed by atoms with E-state index in [0.717, 1.165) is 68.3 Å². The smallest absolute Gasteiger partial charge is 0.349 e. The number of halogens is 1. The van der Waals surface area contributed by atoms with E-state index in [1.54, 1.807) is 23.5 Å². The second kappa shape index (κ2) is 9.78. The number of aryl methyl sites for hydroxylation is 1. The van der Waals surface area contributed by atoms with Gasteiger partial charge < -0.3 is 14.6 Å². The molecule has 2 aromatic heterocycles. The van der Waals surface area contributed by atoms with Crippen LogP contribution in [0.2, 0.25) is 5.02 Å². The van der Waals surface area contributed by atoms with Crippen molar-refractivity contribution in [2.45, 2.75) is 6.92 Å². The molecule has 3 heterocycles. The maximum absolute atomic E-state index is 12.8. The molecule has 3 aromatic carbocycles. The predicted molar refractivity (Wildman–Crippen MR) is 150 cm³/mol. The molecule has 1 N–H and O–H groups in total. The van der Waals surface area contributed by atoms with E-state index in [9.17, 15) is 9.59 Å². The number of nitrogens with zero attached hydrogens (tertiary/aromatic N) is 3. The molecule has 5 aromatic rings. The Balaban J connectivity index is 1.08. The van der Waals surface area contributed by atoms with Gasteiger partial charge in [0.05, 0.1) is 15.2 Å². The lowest BCUT2D eigenvalue weighted by Gasteiger charge is -2.34. The number of fused-ring (bicyclic) bond motifs is 4. The van der Waals surface area contributed by atoms with E-state index in [4.69, 9.17) is 21.0 Å². The van der Waals surface area contributed by atoms with E-state index in [-0.39, 0.29) is 5.56 Å². The zero-order valence-corrected chi connectivity index (χ0v) is 21.9. The van der Waals surface area contributed by atoms with Gasteiger partial charge in [0, 0.05) is 44.7 Å². The number of hydrogen-bond donors (Lipinski definition) is 1. The van der Waals surface area contributed by atoms with Gasteiger partial charge in [-0.15, -0.1) is 0 Å². The van der Waals surface area contributed by atoms with Crippen molar-refractivity contribution in [3.8, 4) is 0 Å². The summed E-state index contributed by atoms with van der Waals surface area (Å²) >= 11 is 8.02. The van der Waals surface area contributed by atoms with Crippen molar-refractivity contribution in [3.63, 3.8) is 0 Å². The standard InChI is InChI=1S/C28H25ClN4O3S/c1-17-6-8-22(29)25-24(17)31-28(37-25)33-14-12-32(13-15-33)11-10-30-26(34)21-16-20-19-5-3-2-4-18(19)7-9-23(20)36-27(21)35/h2-9,16H,10-15H2,1H3,(H,30,34). The molecule has 1 aliphatic heterocycles. The molecular formula is C28H25ClN4O3S. The molecule has 0 unspecified atom stereocenters. The Morgan fingerprint density at radius 3 is 2.70 bits per heavy atom. The Morgan fingerprint density at radius 1 is 1.08 bits per heavy atom. The second-order valence-corrected chi connectivity index (χ2v) is 10.7. The SMILES string of the molecule is Cc1ccc(Cl)c2sc(N3CCN(CCNC(=O)c4cc5c(ccc6ccccc65)oc4=O)CC3)nc12. The highest BCUT2D eigenvalue weighted by Gasteiger charge is 2.21. The van der Waals surface area contributed by atoms with Crippen molar-refractivity contribution in [2.24, 2.45) is 0 Å². The summed E-state index contributed by atoms with van der Waals surface area (Å²) in [5.41, 5.74) is 1.98. The zero-order chi connectivity index (χ0) is 25.5. The molecule has 0 radical (unpaired) electrons. The Hall–Kier alpha value is -3.46. The van der Waals surface area contributed by atoms with Crippen LogP contribution in [-0.4, -0.2) is 55.1 Å². The van der Waals surface area contributed by atoms with Crippen LogP contribution >= 0.6 is 22.9 Å². The summed E-state index contributed by atoms with van der Waals surface area (Å²) < 4.78 is 6.50. The molecule has 1 aliphatic rings. The molecule has 9 heteroatoms. The van der Waals surface area contributed by atoms with Crippen molar-refractivity contribution in [1.82, 2.24) is 15.2 Å². The van der Waals surface area contributed by atoms with E-state index < -0.39 is 11.5 Å². The molecule has 0 spiro atoms. The molecule has 1 fully saturated rings. The van der Waals surface area contributed by atoms with Gasteiger partial charge in [-0.2, -0.15) is 0 Å². The van der Waals surface area contributed by atoms with Crippen LogP contribution in [-0.2, 0) is 0 Å². The number of thiazole rings is 1. The number of anilines is 1. The van der Waals surface area contributed by atoms with Gasteiger partial charge in [0.1, 0.15) is 11.1 Å². The van der Waals surface area contributed by atoms with Crippen LogP contribution in [0.1, 0.15) is 15.9 Å². The summed E-state index contributed by atoms with van der Waals surface area (Å²) in [5.74, 6) is -0.413. The molecular weight excluding hydrogens is 508 g/mol. The fraction of sp³-hybridized carbons (Fsp3) is 0.250. The lowest BCUT2D eigenvalue weighted by Crippen LogP contribution is -2.48. The highest BCUT2D eigenvalue weighted by molar-refractivity contribution is 7.22. The fourth-order valence-corrected chi connectivity index (χ4v) is 6.21. The Kier molecular flexibility index (Phi) is 6.32. The Bertz CT molecular complexity index is 1670. The minimum Gasteiger partial charge on any atom is -0.422 e. The molecule has 0 atom stereocenters.